The minimum atomic E-state index is -3.37. The van der Waals surface area contributed by atoms with Crippen molar-refractivity contribution in [3.05, 3.63) is 15.4 Å². The van der Waals surface area contributed by atoms with Gasteiger partial charge in [0.15, 0.2) is 0 Å². The van der Waals surface area contributed by atoms with Gasteiger partial charge in [0.25, 0.3) is 10.0 Å². The molecular weight excluding hydrogens is 372 g/mol. The lowest BCUT2D eigenvalue weighted by molar-refractivity contribution is 0.292. The van der Waals surface area contributed by atoms with Crippen LogP contribution in [0.3, 0.4) is 0 Å². The summed E-state index contributed by atoms with van der Waals surface area (Å²) in [6.07, 6.45) is 3.08. The molecule has 120 valence electrons. The number of hydrogen-bond donors (Lipinski definition) is 1. The zero-order chi connectivity index (χ0) is 15.5. The topological polar surface area (TPSA) is 49.4 Å². The van der Waals surface area contributed by atoms with E-state index in [-0.39, 0.29) is 0 Å². The maximum Gasteiger partial charge on any atom is 0.252 e. The van der Waals surface area contributed by atoms with Crippen LogP contribution in [0.5, 0.6) is 0 Å². The predicted octanol–water partition coefficient (Wildman–Crippen LogP) is 3.22. The Bertz CT molecular complexity index is 546. The minimum Gasteiger partial charge on any atom is -0.316 e. The molecule has 7 heteroatoms. The number of nitrogens with one attached hydrogen (secondary N) is 1. The van der Waals surface area contributed by atoms with Gasteiger partial charge in [-0.3, -0.25) is 0 Å². The molecule has 0 spiro atoms. The molecule has 0 saturated carbocycles. The van der Waals surface area contributed by atoms with Gasteiger partial charge in [-0.1, -0.05) is 6.92 Å². The number of aryl methyl sites for hydroxylation is 1. The summed E-state index contributed by atoms with van der Waals surface area (Å²) < 4.78 is 28.7. The van der Waals surface area contributed by atoms with Crippen molar-refractivity contribution in [3.8, 4) is 0 Å². The minimum absolute atomic E-state index is 0.421. The van der Waals surface area contributed by atoms with Crippen molar-refractivity contribution in [1.82, 2.24) is 9.62 Å². The molecule has 0 radical (unpaired) electrons. The van der Waals surface area contributed by atoms with Crippen molar-refractivity contribution >= 4 is 37.3 Å². The van der Waals surface area contributed by atoms with E-state index in [0.717, 1.165) is 41.7 Å². The average Bonchev–Trinajstić information content (AvgIpc) is 2.80. The van der Waals surface area contributed by atoms with Gasteiger partial charge in [-0.2, -0.15) is 4.31 Å². The van der Waals surface area contributed by atoms with E-state index in [1.807, 2.05) is 13.8 Å². The second-order valence-corrected chi connectivity index (χ2v) is 10.1. The van der Waals surface area contributed by atoms with Crippen LogP contribution in [0.1, 0.15) is 31.7 Å². The van der Waals surface area contributed by atoms with Gasteiger partial charge in [0.2, 0.25) is 0 Å². The summed E-state index contributed by atoms with van der Waals surface area (Å²) in [5.74, 6) is 0.421. The van der Waals surface area contributed by atoms with Crippen molar-refractivity contribution in [3.63, 3.8) is 0 Å². The SMILES string of the molecule is CCCN(CC1CCCNC1)S(=O)(=O)c1cc(C)c(Br)s1. The van der Waals surface area contributed by atoms with Crippen molar-refractivity contribution < 1.29 is 8.42 Å². The first-order valence-corrected chi connectivity index (χ1v) is 10.5. The van der Waals surface area contributed by atoms with Crippen molar-refractivity contribution in [2.24, 2.45) is 5.92 Å². The molecule has 2 heterocycles. The molecule has 0 aromatic carbocycles. The van der Waals surface area contributed by atoms with Gasteiger partial charge in [-0.25, -0.2) is 8.42 Å². The van der Waals surface area contributed by atoms with Gasteiger partial charge in [0.1, 0.15) is 4.21 Å². The van der Waals surface area contributed by atoms with Gasteiger partial charge in [-0.05, 0) is 72.8 Å². The summed E-state index contributed by atoms with van der Waals surface area (Å²) >= 11 is 4.73. The zero-order valence-electron chi connectivity index (χ0n) is 12.6. The molecule has 1 aliphatic rings. The molecule has 1 aromatic heterocycles. The predicted molar refractivity (Wildman–Crippen MR) is 91.4 cm³/mol. The Balaban J connectivity index is 2.18. The van der Waals surface area contributed by atoms with Crippen LogP contribution in [0.2, 0.25) is 0 Å². The van der Waals surface area contributed by atoms with E-state index in [4.69, 9.17) is 0 Å². The molecule has 2 rings (SSSR count). The Morgan fingerprint density at radius 3 is 2.81 bits per heavy atom. The number of thiophene rings is 1. The molecule has 1 fully saturated rings. The largest absolute Gasteiger partial charge is 0.316 e. The van der Waals surface area contributed by atoms with E-state index < -0.39 is 10.0 Å². The molecule has 1 unspecified atom stereocenters. The van der Waals surface area contributed by atoms with E-state index in [2.05, 4.69) is 21.2 Å². The number of piperidine rings is 1. The average molecular weight is 395 g/mol. The number of halogens is 1. The molecule has 1 saturated heterocycles. The maximum atomic E-state index is 12.9. The first kappa shape index (κ1) is 17.4. The van der Waals surface area contributed by atoms with Crippen LogP contribution < -0.4 is 5.32 Å². The van der Waals surface area contributed by atoms with E-state index in [0.29, 0.717) is 23.2 Å². The Hall–Kier alpha value is 0.0500. The Morgan fingerprint density at radius 2 is 2.29 bits per heavy atom. The molecule has 21 heavy (non-hydrogen) atoms. The van der Waals surface area contributed by atoms with Crippen LogP contribution in [-0.4, -0.2) is 38.9 Å². The highest BCUT2D eigenvalue weighted by Crippen LogP contribution is 2.32. The third-order valence-electron chi connectivity index (χ3n) is 3.76. The van der Waals surface area contributed by atoms with Crippen LogP contribution in [0.4, 0.5) is 0 Å². The first-order valence-electron chi connectivity index (χ1n) is 7.42. The summed E-state index contributed by atoms with van der Waals surface area (Å²) in [5, 5.41) is 3.36. The maximum absolute atomic E-state index is 12.9. The van der Waals surface area contributed by atoms with E-state index in [9.17, 15) is 8.42 Å². The lowest BCUT2D eigenvalue weighted by atomic mass is 10.00. The highest BCUT2D eigenvalue weighted by atomic mass is 79.9. The third-order valence-corrected chi connectivity index (χ3v) is 8.21. The Morgan fingerprint density at radius 1 is 1.52 bits per heavy atom. The molecule has 0 bridgehead atoms. The van der Waals surface area contributed by atoms with Crippen LogP contribution in [0.25, 0.3) is 0 Å². The molecular formula is C14H23BrN2O2S2. The monoisotopic (exact) mass is 394 g/mol. The summed E-state index contributed by atoms with van der Waals surface area (Å²) in [6, 6.07) is 1.77. The molecule has 4 nitrogen and oxygen atoms in total. The summed E-state index contributed by atoms with van der Waals surface area (Å²) in [7, 11) is -3.37. The lowest BCUT2D eigenvalue weighted by Gasteiger charge is -2.29. The van der Waals surface area contributed by atoms with Gasteiger partial charge in [-0.15, -0.1) is 11.3 Å². The van der Waals surface area contributed by atoms with Gasteiger partial charge < -0.3 is 5.32 Å². The number of rotatable bonds is 6. The molecule has 0 aliphatic carbocycles. The van der Waals surface area contributed by atoms with Gasteiger partial charge in [0.05, 0.1) is 3.79 Å². The van der Waals surface area contributed by atoms with Gasteiger partial charge >= 0.3 is 0 Å². The highest BCUT2D eigenvalue weighted by molar-refractivity contribution is 9.11. The second kappa shape index (κ2) is 7.55. The Labute approximate surface area is 140 Å². The summed E-state index contributed by atoms with van der Waals surface area (Å²) in [4.78, 5) is 0. The molecule has 1 aromatic rings. The van der Waals surface area contributed by atoms with Gasteiger partial charge in [0, 0.05) is 13.1 Å². The highest BCUT2D eigenvalue weighted by Gasteiger charge is 2.29. The van der Waals surface area contributed by atoms with Crippen molar-refractivity contribution in [2.45, 2.75) is 37.3 Å². The zero-order valence-corrected chi connectivity index (χ0v) is 15.8. The van der Waals surface area contributed by atoms with E-state index >= 15 is 0 Å². The van der Waals surface area contributed by atoms with E-state index in [1.165, 1.54) is 11.3 Å². The molecule has 0 amide bonds. The van der Waals surface area contributed by atoms with E-state index in [1.54, 1.807) is 10.4 Å². The van der Waals surface area contributed by atoms with Crippen LogP contribution in [0, 0.1) is 12.8 Å². The number of sulfonamides is 1. The third kappa shape index (κ3) is 4.28. The number of nitrogens with zero attached hydrogens (tertiary/aromatic N) is 1. The fraction of sp³-hybridized carbons (Fsp3) is 0.714. The fourth-order valence-corrected chi connectivity index (χ4v) is 6.60. The lowest BCUT2D eigenvalue weighted by Crippen LogP contribution is -2.41. The summed E-state index contributed by atoms with van der Waals surface area (Å²) in [6.45, 7) is 7.13. The first-order chi connectivity index (χ1) is 9.95. The Kier molecular flexibility index (Phi) is 6.25. The molecule has 1 aliphatic heterocycles. The standard InChI is InChI=1S/C14H23BrN2O2S2/c1-3-7-17(10-12-5-4-6-16-9-12)21(18,19)13-8-11(2)14(15)20-13/h8,12,16H,3-7,9-10H2,1-2H3. The summed E-state index contributed by atoms with van der Waals surface area (Å²) in [5.41, 5.74) is 0.981. The molecule has 1 atom stereocenters. The van der Waals surface area contributed by atoms with Crippen molar-refractivity contribution in [1.29, 1.82) is 0 Å². The van der Waals surface area contributed by atoms with Crippen LogP contribution >= 0.6 is 27.3 Å². The normalized spacial score (nSPS) is 20.1. The quantitative estimate of drug-likeness (QED) is 0.805. The van der Waals surface area contributed by atoms with Crippen LogP contribution in [0.15, 0.2) is 14.1 Å². The molecule has 1 N–H and O–H groups in total. The fourth-order valence-electron chi connectivity index (χ4n) is 2.61. The number of hydrogen-bond acceptors (Lipinski definition) is 4. The van der Waals surface area contributed by atoms with Crippen LogP contribution in [-0.2, 0) is 10.0 Å². The smallest absolute Gasteiger partial charge is 0.252 e. The second-order valence-electron chi connectivity index (χ2n) is 5.60. The van der Waals surface area contributed by atoms with Crippen molar-refractivity contribution in [2.75, 3.05) is 26.2 Å².